The summed E-state index contributed by atoms with van der Waals surface area (Å²) in [7, 11) is 4.23. The molecule has 0 aliphatic carbocycles. The molecule has 0 N–H and O–H groups in total. The van der Waals surface area contributed by atoms with Crippen LogP contribution < -0.4 is 0 Å². The summed E-state index contributed by atoms with van der Waals surface area (Å²) >= 11 is 0. The molecule has 0 aliphatic rings. The first kappa shape index (κ1) is 17.0. The molecule has 0 saturated carbocycles. The lowest BCUT2D eigenvalue weighted by Gasteiger charge is -2.08. The average molecular weight is 215 g/mol. The molecule has 15 heavy (non-hydrogen) atoms. The molecule has 0 aromatic carbocycles. The molecule has 0 atom stereocenters. The highest BCUT2D eigenvalue weighted by Crippen LogP contribution is 2.06. The van der Waals surface area contributed by atoms with Gasteiger partial charge in [-0.1, -0.05) is 39.5 Å². The van der Waals surface area contributed by atoms with Gasteiger partial charge in [-0.3, -0.25) is 0 Å². The molecule has 0 heterocycles. The highest BCUT2D eigenvalue weighted by Gasteiger charge is 1.92. The van der Waals surface area contributed by atoms with E-state index in [1.807, 2.05) is 13.8 Å². The van der Waals surface area contributed by atoms with Crippen LogP contribution in [0.2, 0.25) is 0 Å². The SMILES string of the molecule is CC.CN(C)CCCCCCCCC=O. The van der Waals surface area contributed by atoms with Gasteiger partial charge in [-0.15, -0.1) is 0 Å². The van der Waals surface area contributed by atoms with Gasteiger partial charge < -0.3 is 9.69 Å². The van der Waals surface area contributed by atoms with E-state index in [0.29, 0.717) is 0 Å². The number of hydrogen-bond acceptors (Lipinski definition) is 2. The van der Waals surface area contributed by atoms with Crippen LogP contribution in [0, 0.1) is 0 Å². The van der Waals surface area contributed by atoms with Crippen molar-refractivity contribution in [2.75, 3.05) is 20.6 Å². The number of rotatable bonds is 9. The second kappa shape index (κ2) is 16.1. The van der Waals surface area contributed by atoms with Gasteiger partial charge in [0.05, 0.1) is 0 Å². The minimum atomic E-state index is 0.748. The van der Waals surface area contributed by atoms with Crippen LogP contribution in [0.15, 0.2) is 0 Å². The number of carbonyl (C=O) groups excluding carboxylic acids is 1. The minimum Gasteiger partial charge on any atom is -0.309 e. The van der Waals surface area contributed by atoms with Gasteiger partial charge in [-0.25, -0.2) is 0 Å². The van der Waals surface area contributed by atoms with E-state index >= 15 is 0 Å². The largest absolute Gasteiger partial charge is 0.309 e. The Labute approximate surface area is 96.0 Å². The molecule has 0 aromatic heterocycles. The predicted molar refractivity (Wildman–Crippen MR) is 68.3 cm³/mol. The van der Waals surface area contributed by atoms with Crippen LogP contribution in [0.25, 0.3) is 0 Å². The lowest BCUT2D eigenvalue weighted by molar-refractivity contribution is -0.107. The maximum Gasteiger partial charge on any atom is 0.119 e. The van der Waals surface area contributed by atoms with Gasteiger partial charge in [0.15, 0.2) is 0 Å². The van der Waals surface area contributed by atoms with Gasteiger partial charge in [0.2, 0.25) is 0 Å². The normalized spacial score (nSPS) is 9.67. The van der Waals surface area contributed by atoms with Crippen LogP contribution in [-0.4, -0.2) is 31.8 Å². The maximum absolute atomic E-state index is 10.0. The Balaban J connectivity index is 0. The molecule has 92 valence electrons. The van der Waals surface area contributed by atoms with E-state index in [0.717, 1.165) is 19.1 Å². The van der Waals surface area contributed by atoms with Crippen LogP contribution in [0.1, 0.15) is 58.8 Å². The Morgan fingerprint density at radius 1 is 0.867 bits per heavy atom. The summed E-state index contributed by atoms with van der Waals surface area (Å²) in [5, 5.41) is 0. The predicted octanol–water partition coefficient (Wildman–Crippen LogP) is 3.50. The fraction of sp³-hybridized carbons (Fsp3) is 0.923. The second-order valence-electron chi connectivity index (χ2n) is 3.88. The van der Waals surface area contributed by atoms with Crippen molar-refractivity contribution in [3.05, 3.63) is 0 Å². The summed E-state index contributed by atoms with van der Waals surface area (Å²) in [5.41, 5.74) is 0. The van der Waals surface area contributed by atoms with Crippen LogP contribution >= 0.6 is 0 Å². The zero-order valence-corrected chi connectivity index (χ0v) is 11.1. The lowest BCUT2D eigenvalue weighted by Crippen LogP contribution is -2.12. The van der Waals surface area contributed by atoms with E-state index in [1.165, 1.54) is 38.6 Å². The summed E-state index contributed by atoms with van der Waals surface area (Å²) in [4.78, 5) is 12.2. The van der Waals surface area contributed by atoms with Crippen LogP contribution in [0.4, 0.5) is 0 Å². The lowest BCUT2D eigenvalue weighted by atomic mass is 10.1. The Morgan fingerprint density at radius 3 is 1.80 bits per heavy atom. The van der Waals surface area contributed by atoms with Crippen molar-refractivity contribution in [1.29, 1.82) is 0 Å². The van der Waals surface area contributed by atoms with Gasteiger partial charge in [-0.2, -0.15) is 0 Å². The summed E-state index contributed by atoms with van der Waals surface area (Å²) in [6.45, 7) is 5.20. The summed E-state index contributed by atoms with van der Waals surface area (Å²) < 4.78 is 0. The molecular formula is C13H29NO. The third-order valence-corrected chi connectivity index (χ3v) is 2.18. The van der Waals surface area contributed by atoms with Crippen molar-refractivity contribution >= 4 is 6.29 Å². The van der Waals surface area contributed by atoms with E-state index in [4.69, 9.17) is 0 Å². The standard InChI is InChI=1S/C11H23NO.C2H6/c1-12(2)10-8-6-4-3-5-7-9-11-13;1-2/h11H,3-10H2,1-2H3;1-2H3. The van der Waals surface area contributed by atoms with Crippen molar-refractivity contribution in [2.24, 2.45) is 0 Å². The fourth-order valence-electron chi connectivity index (χ4n) is 1.36. The second-order valence-corrected chi connectivity index (χ2v) is 3.88. The first-order valence-corrected chi connectivity index (χ1v) is 6.35. The van der Waals surface area contributed by atoms with Crippen molar-refractivity contribution in [3.63, 3.8) is 0 Å². The molecule has 0 saturated heterocycles. The molecule has 2 heteroatoms. The van der Waals surface area contributed by atoms with Crippen LogP contribution in [-0.2, 0) is 4.79 Å². The van der Waals surface area contributed by atoms with Gasteiger partial charge in [-0.05, 0) is 33.5 Å². The van der Waals surface area contributed by atoms with E-state index < -0.39 is 0 Å². The number of aldehydes is 1. The van der Waals surface area contributed by atoms with Gasteiger partial charge in [0, 0.05) is 6.42 Å². The molecule has 0 aromatic rings. The van der Waals surface area contributed by atoms with Gasteiger partial charge >= 0.3 is 0 Å². The minimum absolute atomic E-state index is 0.748. The van der Waals surface area contributed by atoms with Crippen molar-refractivity contribution in [2.45, 2.75) is 58.8 Å². The van der Waals surface area contributed by atoms with E-state index in [9.17, 15) is 4.79 Å². The molecule has 0 spiro atoms. The molecule has 0 bridgehead atoms. The average Bonchev–Trinajstić information content (AvgIpc) is 2.24. The topological polar surface area (TPSA) is 20.3 Å². The van der Waals surface area contributed by atoms with Gasteiger partial charge in [0.25, 0.3) is 0 Å². The molecular weight excluding hydrogens is 186 g/mol. The third kappa shape index (κ3) is 19.9. The Hall–Kier alpha value is -0.370. The Kier molecular flexibility index (Phi) is 18.3. The van der Waals surface area contributed by atoms with E-state index in [1.54, 1.807) is 0 Å². The van der Waals surface area contributed by atoms with Crippen molar-refractivity contribution in [3.8, 4) is 0 Å². The summed E-state index contributed by atoms with van der Waals surface area (Å²) in [6.07, 6.45) is 9.33. The monoisotopic (exact) mass is 215 g/mol. The number of hydrogen-bond donors (Lipinski definition) is 0. The number of nitrogens with zero attached hydrogens (tertiary/aromatic N) is 1. The number of carbonyl (C=O) groups is 1. The molecule has 0 unspecified atom stereocenters. The van der Waals surface area contributed by atoms with Gasteiger partial charge in [0.1, 0.15) is 6.29 Å². The summed E-state index contributed by atoms with van der Waals surface area (Å²) in [5.74, 6) is 0. The molecule has 0 fully saturated rings. The molecule has 0 radical (unpaired) electrons. The highest BCUT2D eigenvalue weighted by atomic mass is 16.1. The maximum atomic E-state index is 10.0. The van der Waals surface area contributed by atoms with E-state index in [-0.39, 0.29) is 0 Å². The smallest absolute Gasteiger partial charge is 0.119 e. The Morgan fingerprint density at radius 2 is 1.33 bits per heavy atom. The van der Waals surface area contributed by atoms with Crippen LogP contribution in [0.3, 0.4) is 0 Å². The Bertz CT molecular complexity index is 113. The number of unbranched alkanes of at least 4 members (excludes halogenated alkanes) is 6. The highest BCUT2D eigenvalue weighted by molar-refractivity contribution is 5.48. The third-order valence-electron chi connectivity index (χ3n) is 2.18. The zero-order valence-electron chi connectivity index (χ0n) is 11.1. The van der Waals surface area contributed by atoms with Crippen molar-refractivity contribution in [1.82, 2.24) is 4.90 Å². The fourth-order valence-corrected chi connectivity index (χ4v) is 1.36. The zero-order chi connectivity index (χ0) is 11.9. The summed E-state index contributed by atoms with van der Waals surface area (Å²) in [6, 6.07) is 0. The molecule has 0 amide bonds. The molecule has 2 nitrogen and oxygen atoms in total. The van der Waals surface area contributed by atoms with Crippen molar-refractivity contribution < 1.29 is 4.79 Å². The van der Waals surface area contributed by atoms with E-state index in [2.05, 4.69) is 19.0 Å². The quantitative estimate of drug-likeness (QED) is 0.433. The first-order valence-electron chi connectivity index (χ1n) is 6.35. The molecule has 0 rings (SSSR count). The molecule has 0 aliphatic heterocycles. The first-order chi connectivity index (χ1) is 7.27. The van der Waals surface area contributed by atoms with Crippen LogP contribution in [0.5, 0.6) is 0 Å².